The first kappa shape index (κ1) is 15.7. The molecule has 2 aromatic rings. The van der Waals surface area contributed by atoms with E-state index in [1.807, 2.05) is 0 Å². The molecule has 0 fully saturated rings. The zero-order valence-corrected chi connectivity index (χ0v) is 11.4. The average molecular weight is 312 g/mol. The van der Waals surface area contributed by atoms with E-state index in [9.17, 15) is 23.3 Å². The van der Waals surface area contributed by atoms with E-state index in [0.29, 0.717) is 16.8 Å². The molecule has 22 heavy (non-hydrogen) atoms. The summed E-state index contributed by atoms with van der Waals surface area (Å²) in [5, 5.41) is 10.7. The Morgan fingerprint density at radius 3 is 2.59 bits per heavy atom. The van der Waals surface area contributed by atoms with Crippen LogP contribution < -0.4 is 4.74 Å². The SMILES string of the molecule is Cc1cc([N+](=O)[O-])cnc1-c1ccccc1OCC(F)(F)F. The van der Waals surface area contributed by atoms with Crippen molar-refractivity contribution in [1.29, 1.82) is 0 Å². The molecular formula is C14H11F3N2O3. The maximum atomic E-state index is 12.3. The van der Waals surface area contributed by atoms with E-state index < -0.39 is 17.7 Å². The second-order valence-corrected chi connectivity index (χ2v) is 4.52. The fourth-order valence-electron chi connectivity index (χ4n) is 1.89. The molecule has 1 aromatic carbocycles. The second-order valence-electron chi connectivity index (χ2n) is 4.52. The molecule has 0 aliphatic carbocycles. The molecule has 0 saturated heterocycles. The van der Waals surface area contributed by atoms with Crippen LogP contribution in [0.3, 0.4) is 0 Å². The summed E-state index contributed by atoms with van der Waals surface area (Å²) in [6.07, 6.45) is -3.39. The monoisotopic (exact) mass is 312 g/mol. The largest absolute Gasteiger partial charge is 0.483 e. The number of hydrogen-bond donors (Lipinski definition) is 0. The summed E-state index contributed by atoms with van der Waals surface area (Å²) >= 11 is 0. The van der Waals surface area contributed by atoms with Crippen LogP contribution in [0.15, 0.2) is 36.5 Å². The van der Waals surface area contributed by atoms with Crippen molar-refractivity contribution in [3.8, 4) is 17.0 Å². The Bertz CT molecular complexity index is 702. The van der Waals surface area contributed by atoms with E-state index >= 15 is 0 Å². The summed E-state index contributed by atoms with van der Waals surface area (Å²) in [5.41, 5.74) is 0.967. The lowest BCUT2D eigenvalue weighted by Crippen LogP contribution is -2.19. The van der Waals surface area contributed by atoms with Crippen LogP contribution in [0.25, 0.3) is 11.3 Å². The van der Waals surface area contributed by atoms with Gasteiger partial charge in [0.25, 0.3) is 5.69 Å². The molecule has 2 rings (SSSR count). The molecule has 1 aromatic heterocycles. The highest BCUT2D eigenvalue weighted by molar-refractivity contribution is 5.70. The number of nitrogens with zero attached hydrogens (tertiary/aromatic N) is 2. The highest BCUT2D eigenvalue weighted by atomic mass is 19.4. The van der Waals surface area contributed by atoms with Crippen molar-refractivity contribution in [3.63, 3.8) is 0 Å². The molecule has 0 unspecified atom stereocenters. The molecule has 1 heterocycles. The first-order valence-corrected chi connectivity index (χ1v) is 6.18. The van der Waals surface area contributed by atoms with E-state index in [-0.39, 0.29) is 11.4 Å². The lowest BCUT2D eigenvalue weighted by atomic mass is 10.1. The van der Waals surface area contributed by atoms with Crippen molar-refractivity contribution < 1.29 is 22.8 Å². The normalized spacial score (nSPS) is 11.3. The van der Waals surface area contributed by atoms with Gasteiger partial charge in [-0.3, -0.25) is 10.1 Å². The van der Waals surface area contributed by atoms with Crippen LogP contribution >= 0.6 is 0 Å². The smallest absolute Gasteiger partial charge is 0.422 e. The third-order valence-corrected chi connectivity index (χ3v) is 2.81. The van der Waals surface area contributed by atoms with Gasteiger partial charge >= 0.3 is 6.18 Å². The zero-order valence-electron chi connectivity index (χ0n) is 11.4. The van der Waals surface area contributed by atoms with Crippen LogP contribution in [0.5, 0.6) is 5.75 Å². The van der Waals surface area contributed by atoms with Crippen LogP contribution in [0.4, 0.5) is 18.9 Å². The molecule has 0 aliphatic rings. The lowest BCUT2D eigenvalue weighted by Gasteiger charge is -2.13. The molecule has 5 nitrogen and oxygen atoms in total. The van der Waals surface area contributed by atoms with Gasteiger partial charge in [0.1, 0.15) is 11.9 Å². The van der Waals surface area contributed by atoms with Crippen molar-refractivity contribution in [3.05, 3.63) is 52.2 Å². The summed E-state index contributed by atoms with van der Waals surface area (Å²) in [4.78, 5) is 14.1. The van der Waals surface area contributed by atoms with Gasteiger partial charge in [0, 0.05) is 11.6 Å². The van der Waals surface area contributed by atoms with Gasteiger partial charge in [-0.25, -0.2) is 4.98 Å². The quantitative estimate of drug-likeness (QED) is 0.634. The number of hydrogen-bond acceptors (Lipinski definition) is 4. The Morgan fingerprint density at radius 2 is 2.00 bits per heavy atom. The minimum atomic E-state index is -4.45. The van der Waals surface area contributed by atoms with E-state index in [0.717, 1.165) is 6.20 Å². The average Bonchev–Trinajstić information content (AvgIpc) is 2.44. The van der Waals surface area contributed by atoms with Gasteiger partial charge in [0.05, 0.1) is 10.6 Å². The zero-order chi connectivity index (χ0) is 16.3. The number of aryl methyl sites for hydroxylation is 1. The number of rotatable bonds is 4. The van der Waals surface area contributed by atoms with E-state index in [1.54, 1.807) is 19.1 Å². The van der Waals surface area contributed by atoms with Gasteiger partial charge in [-0.05, 0) is 24.6 Å². The highest BCUT2D eigenvalue weighted by Crippen LogP contribution is 2.32. The van der Waals surface area contributed by atoms with Gasteiger partial charge in [0.15, 0.2) is 6.61 Å². The molecule has 0 spiro atoms. The Hall–Kier alpha value is -2.64. The molecule has 8 heteroatoms. The van der Waals surface area contributed by atoms with Gasteiger partial charge in [0.2, 0.25) is 0 Å². The van der Waals surface area contributed by atoms with Gasteiger partial charge in [-0.15, -0.1) is 0 Å². The third kappa shape index (κ3) is 3.72. The second kappa shape index (κ2) is 6.00. The van der Waals surface area contributed by atoms with E-state index in [1.165, 1.54) is 18.2 Å². The van der Waals surface area contributed by atoms with E-state index in [2.05, 4.69) is 4.98 Å². The third-order valence-electron chi connectivity index (χ3n) is 2.81. The number of pyridine rings is 1. The fraction of sp³-hybridized carbons (Fsp3) is 0.214. The minimum Gasteiger partial charge on any atom is -0.483 e. The summed E-state index contributed by atoms with van der Waals surface area (Å²) < 4.78 is 41.6. The standard InChI is InChI=1S/C14H11F3N2O3/c1-9-6-10(19(20)21)7-18-13(9)11-4-2-3-5-12(11)22-8-14(15,16)17/h2-7H,8H2,1H3. The summed E-state index contributed by atoms with van der Waals surface area (Å²) in [7, 11) is 0. The Labute approximate surface area is 123 Å². The molecule has 0 amide bonds. The number of halogens is 3. The van der Waals surface area contributed by atoms with Gasteiger partial charge in [-0.1, -0.05) is 12.1 Å². The number of aromatic nitrogens is 1. The first-order valence-electron chi connectivity index (χ1n) is 6.18. The van der Waals surface area contributed by atoms with Crippen LogP contribution in [0.1, 0.15) is 5.56 Å². The molecule has 0 atom stereocenters. The van der Waals surface area contributed by atoms with Crippen molar-refractivity contribution in [2.24, 2.45) is 0 Å². The number of alkyl halides is 3. The molecule has 0 bridgehead atoms. The van der Waals surface area contributed by atoms with Crippen molar-refractivity contribution >= 4 is 5.69 Å². The maximum Gasteiger partial charge on any atom is 0.422 e. The first-order chi connectivity index (χ1) is 10.3. The topological polar surface area (TPSA) is 65.3 Å². The molecule has 0 saturated carbocycles. The maximum absolute atomic E-state index is 12.3. The number of para-hydroxylation sites is 1. The molecule has 0 N–H and O–H groups in total. The summed E-state index contributed by atoms with van der Waals surface area (Å²) in [6.45, 7) is 0.173. The number of benzene rings is 1. The van der Waals surface area contributed by atoms with E-state index in [4.69, 9.17) is 4.74 Å². The van der Waals surface area contributed by atoms with Crippen molar-refractivity contribution in [2.45, 2.75) is 13.1 Å². The van der Waals surface area contributed by atoms with Gasteiger partial charge < -0.3 is 4.74 Å². The number of nitro groups is 1. The van der Waals surface area contributed by atoms with Crippen LogP contribution in [-0.2, 0) is 0 Å². The lowest BCUT2D eigenvalue weighted by molar-refractivity contribution is -0.385. The molecule has 116 valence electrons. The number of ether oxygens (including phenoxy) is 1. The molecule has 0 radical (unpaired) electrons. The predicted molar refractivity (Wildman–Crippen MR) is 72.6 cm³/mol. The van der Waals surface area contributed by atoms with Crippen molar-refractivity contribution in [2.75, 3.05) is 6.61 Å². The van der Waals surface area contributed by atoms with Crippen LogP contribution in [0.2, 0.25) is 0 Å². The Morgan fingerprint density at radius 1 is 1.32 bits per heavy atom. The summed E-state index contributed by atoms with van der Waals surface area (Å²) in [5.74, 6) is 0.0179. The minimum absolute atomic E-state index is 0.0179. The molecule has 0 aliphatic heterocycles. The summed E-state index contributed by atoms with van der Waals surface area (Å²) in [6, 6.07) is 7.41. The van der Waals surface area contributed by atoms with Crippen molar-refractivity contribution in [1.82, 2.24) is 4.98 Å². The Kier molecular flexibility index (Phi) is 4.30. The van der Waals surface area contributed by atoms with Gasteiger partial charge in [-0.2, -0.15) is 13.2 Å². The Balaban J connectivity index is 2.39. The molecular weight excluding hydrogens is 301 g/mol. The highest BCUT2D eigenvalue weighted by Gasteiger charge is 2.29. The fourth-order valence-corrected chi connectivity index (χ4v) is 1.89. The van der Waals surface area contributed by atoms with Crippen LogP contribution in [-0.4, -0.2) is 22.7 Å². The van der Waals surface area contributed by atoms with Crippen LogP contribution in [0, 0.1) is 17.0 Å². The predicted octanol–water partition coefficient (Wildman–Crippen LogP) is 3.91.